The van der Waals surface area contributed by atoms with E-state index in [2.05, 4.69) is 58.5 Å². The van der Waals surface area contributed by atoms with Gasteiger partial charge in [-0.2, -0.15) is 0 Å². The fourth-order valence-electron chi connectivity index (χ4n) is 6.12. The molecule has 0 aromatic heterocycles. The number of rotatable bonds is 2. The topological polar surface area (TPSA) is 163 Å². The predicted octanol–water partition coefficient (Wildman–Crippen LogP) is 1.67. The summed E-state index contributed by atoms with van der Waals surface area (Å²) in [6.07, 6.45) is 10.9. The van der Waals surface area contributed by atoms with Crippen LogP contribution >= 0.6 is 37.2 Å². The molecule has 0 unspecified atom stereocenters. The summed E-state index contributed by atoms with van der Waals surface area (Å²) in [4.78, 5) is 44.8. The number of piperidine rings is 6. The molecule has 6 bridgehead atoms. The third-order valence-electron chi connectivity index (χ3n) is 8.77. The molecule has 9 aliphatic rings. The standard InChI is InChI=1S/C8H14N2O.C8H11NO3.C7H12N2O.I2/c1-9-8-4-2-6(3-5-8)10-7(8)11;10-6-8(7(11)12)3-1-5(9-6)2-4-8;8-7-3-1-5(2-4-7)9-6(7)10;1-2/h6,9H,2-5H2,1H3,(H,10,11);5H,1-4H2,(H,9,10)(H,11,12);5H,1-4,8H2,(H,9,10);. The smallest absolute Gasteiger partial charge is 0.319 e. The molecule has 3 aliphatic carbocycles. The van der Waals surface area contributed by atoms with Crippen LogP contribution in [0, 0.1) is 5.41 Å². The Hall–Kier alpha value is -0.740. The zero-order valence-electron chi connectivity index (χ0n) is 20.1. The van der Waals surface area contributed by atoms with Gasteiger partial charge in [0.15, 0.2) is 0 Å². The fraction of sp³-hybridized carbons (Fsp3) is 0.826. The van der Waals surface area contributed by atoms with Crippen LogP contribution < -0.4 is 27.0 Å². The average Bonchev–Trinajstić information content (AvgIpc) is 2.88. The summed E-state index contributed by atoms with van der Waals surface area (Å²) >= 11 is 4.24. The van der Waals surface area contributed by atoms with E-state index in [4.69, 9.17) is 10.8 Å². The van der Waals surface area contributed by atoms with E-state index in [0.717, 1.165) is 64.2 Å². The van der Waals surface area contributed by atoms with Crippen molar-refractivity contribution in [2.75, 3.05) is 7.05 Å². The minimum absolute atomic E-state index is 0.0648. The van der Waals surface area contributed by atoms with E-state index in [1.54, 1.807) is 0 Å². The van der Waals surface area contributed by atoms with Crippen molar-refractivity contribution in [3.8, 4) is 0 Å². The quantitative estimate of drug-likeness (QED) is 0.187. The number of hydrogen-bond donors (Lipinski definition) is 6. The number of nitrogens with two attached hydrogens (primary N) is 1. The van der Waals surface area contributed by atoms with Crippen LogP contribution in [0.2, 0.25) is 0 Å². The highest BCUT2D eigenvalue weighted by atomic mass is 128. The van der Waals surface area contributed by atoms with Crippen molar-refractivity contribution in [2.45, 2.75) is 106 Å². The Morgan fingerprint density at radius 3 is 1.46 bits per heavy atom. The predicted molar refractivity (Wildman–Crippen MR) is 148 cm³/mol. The lowest BCUT2D eigenvalue weighted by Crippen LogP contribution is -2.65. The highest BCUT2D eigenvalue weighted by molar-refractivity contribution is 15.0. The van der Waals surface area contributed by atoms with Crippen molar-refractivity contribution in [3.05, 3.63) is 0 Å². The van der Waals surface area contributed by atoms with Gasteiger partial charge in [-0.3, -0.25) is 19.2 Å². The number of halogens is 2. The Morgan fingerprint density at radius 1 is 0.800 bits per heavy atom. The molecular formula is C23H37I2N5O5. The first-order valence-corrected chi connectivity index (χ1v) is 18.7. The lowest BCUT2D eigenvalue weighted by atomic mass is 9.68. The minimum atomic E-state index is -1.09. The summed E-state index contributed by atoms with van der Waals surface area (Å²) in [7, 11) is 1.88. The molecule has 35 heavy (non-hydrogen) atoms. The average molecular weight is 717 g/mol. The third kappa shape index (κ3) is 5.89. The maximum atomic E-state index is 11.4. The highest BCUT2D eigenvalue weighted by Crippen LogP contribution is 2.41. The van der Waals surface area contributed by atoms with Gasteiger partial charge in [0.25, 0.3) is 0 Å². The van der Waals surface area contributed by atoms with Gasteiger partial charge in [-0.25, -0.2) is 0 Å². The molecule has 7 N–H and O–H groups in total. The van der Waals surface area contributed by atoms with Crippen LogP contribution in [-0.4, -0.2) is 65.0 Å². The van der Waals surface area contributed by atoms with Crippen LogP contribution in [-0.2, 0) is 19.2 Å². The first-order chi connectivity index (χ1) is 16.6. The first kappa shape index (κ1) is 28.8. The third-order valence-corrected chi connectivity index (χ3v) is 8.77. The molecule has 3 saturated carbocycles. The van der Waals surface area contributed by atoms with Gasteiger partial charge in [0, 0.05) is 55.4 Å². The summed E-state index contributed by atoms with van der Waals surface area (Å²) in [6.45, 7) is 0. The van der Waals surface area contributed by atoms with Crippen LogP contribution in [0.4, 0.5) is 0 Å². The van der Waals surface area contributed by atoms with Crippen molar-refractivity contribution in [2.24, 2.45) is 11.1 Å². The molecule has 0 aromatic carbocycles. The maximum absolute atomic E-state index is 11.4. The zero-order chi connectivity index (χ0) is 25.9. The van der Waals surface area contributed by atoms with Gasteiger partial charge >= 0.3 is 5.97 Å². The number of carbonyl (C=O) groups is 4. The Bertz CT molecular complexity index is 817. The monoisotopic (exact) mass is 717 g/mol. The van der Waals surface area contributed by atoms with Crippen LogP contribution in [0.1, 0.15) is 77.0 Å². The van der Waals surface area contributed by atoms with Gasteiger partial charge in [-0.15, -0.1) is 0 Å². The number of likely N-dealkylation sites (N-methyl/N-ethyl adjacent to an activating group) is 1. The molecule has 9 rings (SSSR count). The van der Waals surface area contributed by atoms with Gasteiger partial charge in [-0.1, -0.05) is 0 Å². The molecule has 0 spiro atoms. The second-order valence-electron chi connectivity index (χ2n) is 10.6. The van der Waals surface area contributed by atoms with Crippen LogP contribution in [0.25, 0.3) is 0 Å². The van der Waals surface area contributed by atoms with Crippen molar-refractivity contribution in [1.29, 1.82) is 0 Å². The second-order valence-corrected chi connectivity index (χ2v) is 10.6. The Kier molecular flexibility index (Phi) is 9.68. The number of nitrogens with one attached hydrogen (secondary N) is 4. The Labute approximate surface area is 229 Å². The molecule has 0 radical (unpaired) electrons. The van der Waals surface area contributed by atoms with E-state index in [1.807, 2.05) is 7.05 Å². The zero-order valence-corrected chi connectivity index (χ0v) is 24.4. The molecular weight excluding hydrogens is 680 g/mol. The van der Waals surface area contributed by atoms with Crippen LogP contribution in [0.3, 0.4) is 0 Å². The van der Waals surface area contributed by atoms with Gasteiger partial charge in [0.1, 0.15) is 5.41 Å². The molecule has 198 valence electrons. The summed E-state index contributed by atoms with van der Waals surface area (Å²) < 4.78 is 0. The number of fused-ring (bicyclic) bond motifs is 9. The molecule has 6 saturated heterocycles. The molecule has 0 atom stereocenters. The number of carbonyl (C=O) groups excluding carboxylic acids is 3. The SMILES string of the molecule is CNC12CCC(CC1)NC2=O.II.NC12CCC(CC1)NC2=O.O=C(O)C12CCC(CC1)NC2=O. The molecule has 0 aromatic rings. The molecule has 12 heteroatoms. The van der Waals surface area contributed by atoms with E-state index in [-0.39, 0.29) is 29.3 Å². The van der Waals surface area contributed by atoms with E-state index in [1.165, 1.54) is 0 Å². The number of aliphatic carboxylic acids is 1. The summed E-state index contributed by atoms with van der Waals surface area (Å²) in [6, 6.07) is 1.13. The van der Waals surface area contributed by atoms with Gasteiger partial charge in [-0.05, 0) is 84.1 Å². The van der Waals surface area contributed by atoms with E-state index in [0.29, 0.717) is 24.9 Å². The van der Waals surface area contributed by atoms with Crippen LogP contribution in [0.5, 0.6) is 0 Å². The number of carboxylic acid groups (broad SMARTS) is 1. The lowest BCUT2D eigenvalue weighted by molar-refractivity contribution is -0.162. The number of amides is 3. The van der Waals surface area contributed by atoms with Gasteiger partial charge in [0.05, 0.1) is 11.1 Å². The summed E-state index contributed by atoms with van der Waals surface area (Å²) in [5, 5.41) is 20.7. The van der Waals surface area contributed by atoms with E-state index >= 15 is 0 Å². The summed E-state index contributed by atoms with van der Waals surface area (Å²) in [5.41, 5.74) is 4.02. The molecule has 6 aliphatic heterocycles. The normalized spacial score (nSPS) is 39.9. The van der Waals surface area contributed by atoms with E-state index in [9.17, 15) is 19.2 Å². The highest BCUT2D eigenvalue weighted by Gasteiger charge is 2.53. The van der Waals surface area contributed by atoms with Gasteiger partial charge in [0.2, 0.25) is 17.7 Å². The van der Waals surface area contributed by atoms with Crippen molar-refractivity contribution < 1.29 is 24.3 Å². The van der Waals surface area contributed by atoms with Crippen molar-refractivity contribution in [3.63, 3.8) is 0 Å². The lowest BCUT2D eigenvalue weighted by Gasteiger charge is -2.45. The van der Waals surface area contributed by atoms with E-state index < -0.39 is 16.9 Å². The fourth-order valence-corrected chi connectivity index (χ4v) is 6.12. The van der Waals surface area contributed by atoms with Gasteiger partial charge < -0.3 is 32.1 Å². The minimum Gasteiger partial charge on any atom is -0.480 e. The molecule has 3 amide bonds. The largest absolute Gasteiger partial charge is 0.480 e. The number of carboxylic acids is 1. The first-order valence-electron chi connectivity index (χ1n) is 12.4. The maximum Gasteiger partial charge on any atom is 0.319 e. The Morgan fingerprint density at radius 2 is 1.20 bits per heavy atom. The second kappa shape index (κ2) is 11.8. The van der Waals surface area contributed by atoms with Crippen molar-refractivity contribution >= 4 is 60.9 Å². The van der Waals surface area contributed by atoms with Crippen molar-refractivity contribution in [1.82, 2.24) is 21.3 Å². The Balaban J connectivity index is 0.000000142. The summed E-state index contributed by atoms with van der Waals surface area (Å²) in [5.74, 6) is -0.965. The van der Waals surface area contributed by atoms with Crippen LogP contribution in [0.15, 0.2) is 0 Å². The molecule has 6 heterocycles. The number of hydrogen-bond acceptors (Lipinski definition) is 6. The molecule has 9 fully saturated rings. The molecule has 10 nitrogen and oxygen atoms in total.